The molecule has 6 nitrogen and oxygen atoms in total. The molecule has 0 saturated carbocycles. The molecule has 1 amide bonds. The minimum absolute atomic E-state index is 0.109. The van der Waals surface area contributed by atoms with Gasteiger partial charge in [0.25, 0.3) is 5.91 Å². The number of carbonyl (C=O) groups excluding carboxylic acids is 2. The van der Waals surface area contributed by atoms with Crippen LogP contribution in [0.1, 0.15) is 68.7 Å². The Labute approximate surface area is 232 Å². The number of nitrogens with one attached hydrogen (secondary N) is 1. The first-order chi connectivity index (χ1) is 19.4. The number of Topliss-reactive ketones (excluding diaryl/α,β-unsaturated/α-hetero) is 1. The third-order valence-electron chi connectivity index (χ3n) is 8.08. The highest BCUT2D eigenvalue weighted by Gasteiger charge is 2.32. The van der Waals surface area contributed by atoms with Gasteiger partial charge >= 0.3 is 0 Å². The molecule has 3 heterocycles. The molecule has 40 heavy (non-hydrogen) atoms. The number of hydrogen-bond donors (Lipinski definition) is 1. The summed E-state index contributed by atoms with van der Waals surface area (Å²) in [5.41, 5.74) is 4.23. The van der Waals surface area contributed by atoms with E-state index in [9.17, 15) is 18.4 Å². The lowest BCUT2D eigenvalue weighted by Gasteiger charge is -2.28. The van der Waals surface area contributed by atoms with Crippen LogP contribution in [-0.2, 0) is 13.0 Å². The van der Waals surface area contributed by atoms with Gasteiger partial charge in [-0.25, -0.2) is 8.78 Å². The molecule has 206 valence electrons. The second-order valence-electron chi connectivity index (χ2n) is 10.9. The van der Waals surface area contributed by atoms with Gasteiger partial charge in [0.05, 0.1) is 19.3 Å². The van der Waals surface area contributed by atoms with Crippen LogP contribution in [0.5, 0.6) is 0 Å². The number of ketones is 1. The SMILES string of the molecule is O=C(NC1=NCc2ccc(Cc3cc(F)cc(F)c3)cc21)c1ccc(C(=O)C2CCCN2CN2CCCC2)cc1. The topological polar surface area (TPSA) is 65.0 Å². The molecule has 3 aromatic carbocycles. The average molecular weight is 543 g/mol. The van der Waals surface area contributed by atoms with E-state index >= 15 is 0 Å². The molecule has 2 saturated heterocycles. The molecule has 8 heteroatoms. The fourth-order valence-electron chi connectivity index (χ4n) is 6.03. The number of nitrogens with zero attached hydrogens (tertiary/aromatic N) is 3. The van der Waals surface area contributed by atoms with Crippen molar-refractivity contribution in [3.05, 3.63) is 106 Å². The summed E-state index contributed by atoms with van der Waals surface area (Å²) in [5.74, 6) is -0.943. The molecule has 1 atom stereocenters. The summed E-state index contributed by atoms with van der Waals surface area (Å²) in [4.78, 5) is 35.6. The number of benzene rings is 3. The summed E-state index contributed by atoms with van der Waals surface area (Å²) in [5, 5.41) is 2.90. The van der Waals surface area contributed by atoms with Gasteiger partial charge in [-0.3, -0.25) is 24.4 Å². The molecule has 3 aliphatic rings. The molecule has 3 aliphatic heterocycles. The van der Waals surface area contributed by atoms with Crippen LogP contribution in [-0.4, -0.2) is 59.7 Å². The van der Waals surface area contributed by atoms with E-state index in [0.717, 1.165) is 61.9 Å². The van der Waals surface area contributed by atoms with Crippen molar-refractivity contribution in [2.45, 2.75) is 44.7 Å². The number of aliphatic imine (C=N–C) groups is 1. The van der Waals surface area contributed by atoms with Gasteiger partial charge in [0.1, 0.15) is 17.5 Å². The number of rotatable bonds is 7. The fourth-order valence-corrected chi connectivity index (χ4v) is 6.03. The van der Waals surface area contributed by atoms with E-state index in [1.165, 1.54) is 25.0 Å². The fraction of sp³-hybridized carbons (Fsp3) is 0.344. The molecule has 0 radical (unpaired) electrons. The van der Waals surface area contributed by atoms with Crippen LogP contribution in [0.25, 0.3) is 0 Å². The Morgan fingerprint density at radius 2 is 1.57 bits per heavy atom. The number of amidine groups is 1. The van der Waals surface area contributed by atoms with Crippen molar-refractivity contribution >= 4 is 17.5 Å². The van der Waals surface area contributed by atoms with E-state index in [-0.39, 0.29) is 17.7 Å². The monoisotopic (exact) mass is 542 g/mol. The van der Waals surface area contributed by atoms with Crippen molar-refractivity contribution in [1.29, 1.82) is 0 Å². The quantitative estimate of drug-likeness (QED) is 0.430. The van der Waals surface area contributed by atoms with Crippen LogP contribution in [0.4, 0.5) is 8.78 Å². The number of carbonyl (C=O) groups is 2. The van der Waals surface area contributed by atoms with Crippen LogP contribution in [0.3, 0.4) is 0 Å². The number of likely N-dealkylation sites (tertiary alicyclic amines) is 2. The van der Waals surface area contributed by atoms with Crippen molar-refractivity contribution in [2.75, 3.05) is 26.3 Å². The van der Waals surface area contributed by atoms with Crippen LogP contribution < -0.4 is 5.32 Å². The normalized spacial score (nSPS) is 19.1. The molecule has 6 rings (SSSR count). The lowest BCUT2D eigenvalue weighted by atomic mass is 9.99. The van der Waals surface area contributed by atoms with Gasteiger partial charge in [-0.15, -0.1) is 0 Å². The van der Waals surface area contributed by atoms with E-state index in [1.807, 2.05) is 18.2 Å². The van der Waals surface area contributed by atoms with Gasteiger partial charge in [-0.1, -0.05) is 24.3 Å². The van der Waals surface area contributed by atoms with Gasteiger partial charge in [0.2, 0.25) is 0 Å². The van der Waals surface area contributed by atoms with Crippen LogP contribution in [0.15, 0.2) is 65.7 Å². The molecule has 0 spiro atoms. The van der Waals surface area contributed by atoms with E-state index in [1.54, 1.807) is 24.3 Å². The molecule has 1 N–H and O–H groups in total. The maximum absolute atomic E-state index is 13.6. The predicted molar refractivity (Wildman–Crippen MR) is 149 cm³/mol. The van der Waals surface area contributed by atoms with Gasteiger partial charge in [-0.05, 0) is 92.2 Å². The summed E-state index contributed by atoms with van der Waals surface area (Å²) < 4.78 is 27.3. The van der Waals surface area contributed by atoms with Gasteiger partial charge in [-0.2, -0.15) is 0 Å². The molecular formula is C32H32F2N4O2. The van der Waals surface area contributed by atoms with E-state index in [2.05, 4.69) is 20.1 Å². The molecule has 0 aromatic heterocycles. The molecular weight excluding hydrogens is 510 g/mol. The number of hydrogen-bond acceptors (Lipinski definition) is 5. The Balaban J connectivity index is 1.10. The molecule has 0 aliphatic carbocycles. The Morgan fingerprint density at radius 3 is 2.33 bits per heavy atom. The largest absolute Gasteiger partial charge is 0.306 e. The van der Waals surface area contributed by atoms with Crippen LogP contribution >= 0.6 is 0 Å². The zero-order valence-electron chi connectivity index (χ0n) is 22.3. The second-order valence-corrected chi connectivity index (χ2v) is 10.9. The summed E-state index contributed by atoms with van der Waals surface area (Å²) >= 11 is 0. The third-order valence-corrected chi connectivity index (χ3v) is 8.08. The van der Waals surface area contributed by atoms with Crippen molar-refractivity contribution in [1.82, 2.24) is 15.1 Å². The number of halogens is 2. The maximum Gasteiger partial charge on any atom is 0.256 e. The highest BCUT2D eigenvalue weighted by molar-refractivity contribution is 6.14. The van der Waals surface area contributed by atoms with E-state index in [0.29, 0.717) is 35.5 Å². The minimum Gasteiger partial charge on any atom is -0.306 e. The first-order valence-electron chi connectivity index (χ1n) is 14.0. The van der Waals surface area contributed by atoms with Gasteiger partial charge in [0, 0.05) is 29.3 Å². The Hall–Kier alpha value is -3.75. The minimum atomic E-state index is -0.610. The number of fused-ring (bicyclic) bond motifs is 1. The smallest absolute Gasteiger partial charge is 0.256 e. The molecule has 0 bridgehead atoms. The first-order valence-corrected chi connectivity index (χ1v) is 14.0. The first kappa shape index (κ1) is 26.5. The van der Waals surface area contributed by atoms with E-state index in [4.69, 9.17) is 0 Å². The van der Waals surface area contributed by atoms with Crippen molar-refractivity contribution in [3.8, 4) is 0 Å². The van der Waals surface area contributed by atoms with Crippen LogP contribution in [0.2, 0.25) is 0 Å². The Bertz CT molecular complexity index is 1440. The molecule has 3 aromatic rings. The zero-order chi connectivity index (χ0) is 27.6. The lowest BCUT2D eigenvalue weighted by Crippen LogP contribution is -2.43. The Morgan fingerprint density at radius 1 is 0.850 bits per heavy atom. The van der Waals surface area contributed by atoms with Crippen molar-refractivity contribution < 1.29 is 18.4 Å². The highest BCUT2D eigenvalue weighted by atomic mass is 19.1. The predicted octanol–water partition coefficient (Wildman–Crippen LogP) is 4.95. The maximum atomic E-state index is 13.6. The number of amides is 1. The summed E-state index contributed by atoms with van der Waals surface area (Å²) in [6.07, 6.45) is 4.70. The van der Waals surface area contributed by atoms with Gasteiger partial charge < -0.3 is 5.32 Å². The molecule has 2 fully saturated rings. The second kappa shape index (κ2) is 11.4. The van der Waals surface area contributed by atoms with Crippen molar-refractivity contribution in [2.24, 2.45) is 4.99 Å². The summed E-state index contributed by atoms with van der Waals surface area (Å²) in [7, 11) is 0. The average Bonchev–Trinajstić information content (AvgIpc) is 3.70. The van der Waals surface area contributed by atoms with E-state index < -0.39 is 11.6 Å². The highest BCUT2D eigenvalue weighted by Crippen LogP contribution is 2.24. The standard InChI is InChI=1S/C32H32F2N4O2/c33-26-15-22(16-27(34)18-26)14-21-5-6-25-19-35-31(28(25)17-21)36-32(40)24-9-7-23(8-10-24)30(39)29-4-3-13-38(29)20-37-11-1-2-12-37/h5-10,15-18,29H,1-4,11-14,19-20H2,(H,35,36,40). The zero-order valence-corrected chi connectivity index (χ0v) is 22.3. The van der Waals surface area contributed by atoms with Gasteiger partial charge in [0.15, 0.2) is 5.78 Å². The summed E-state index contributed by atoms with van der Waals surface area (Å²) in [6.45, 7) is 4.44. The summed E-state index contributed by atoms with van der Waals surface area (Å²) in [6, 6.07) is 16.0. The molecule has 1 unspecified atom stereocenters. The van der Waals surface area contributed by atoms with Crippen molar-refractivity contribution in [3.63, 3.8) is 0 Å². The van der Waals surface area contributed by atoms with Crippen LogP contribution in [0, 0.1) is 11.6 Å². The third kappa shape index (κ3) is 5.74. The lowest BCUT2D eigenvalue weighted by molar-refractivity contribution is 0.0790. The Kier molecular flexibility index (Phi) is 7.54.